The second-order valence-electron chi connectivity index (χ2n) is 3.63. The van der Waals surface area contributed by atoms with Gasteiger partial charge in [-0.3, -0.25) is 4.79 Å². The molecule has 2 aromatic rings. The second-order valence-corrected chi connectivity index (χ2v) is 3.63. The molecule has 98 valence electrons. The van der Waals surface area contributed by atoms with Crippen LogP contribution in [-0.2, 0) is 6.18 Å². The number of halogens is 4. The van der Waals surface area contributed by atoms with Crippen molar-refractivity contribution < 1.29 is 22.4 Å². The topological polar surface area (TPSA) is 42.9 Å². The van der Waals surface area contributed by atoms with Crippen LogP contribution in [0.5, 0.6) is 0 Å². The number of carbonyl (C=O) groups is 1. The first kappa shape index (κ1) is 13.1. The number of hydrogen-bond donors (Lipinski definition) is 0. The smallest absolute Gasteiger partial charge is 0.285 e. The van der Waals surface area contributed by atoms with Crippen molar-refractivity contribution in [3.63, 3.8) is 0 Å². The van der Waals surface area contributed by atoms with Crippen LogP contribution in [-0.4, -0.2) is 15.8 Å². The number of hydrogen-bond acceptors (Lipinski definition) is 3. The van der Waals surface area contributed by atoms with Gasteiger partial charge in [0.15, 0.2) is 0 Å². The van der Waals surface area contributed by atoms with Crippen LogP contribution in [0.3, 0.4) is 0 Å². The van der Waals surface area contributed by atoms with Crippen LogP contribution in [0.4, 0.5) is 17.6 Å². The van der Waals surface area contributed by atoms with Gasteiger partial charge >= 0.3 is 6.18 Å². The van der Waals surface area contributed by atoms with Crippen LogP contribution >= 0.6 is 0 Å². The summed E-state index contributed by atoms with van der Waals surface area (Å²) < 4.78 is 50.7. The van der Waals surface area contributed by atoms with Gasteiger partial charge in [0.2, 0.25) is 11.6 Å². The average Bonchev–Trinajstić information content (AvgIpc) is 2.37. The summed E-state index contributed by atoms with van der Waals surface area (Å²) >= 11 is 0. The monoisotopic (exact) mass is 270 g/mol. The van der Waals surface area contributed by atoms with Crippen molar-refractivity contribution in [1.82, 2.24) is 9.97 Å². The number of nitrogens with zero attached hydrogens (tertiary/aromatic N) is 2. The Morgan fingerprint density at radius 2 is 1.68 bits per heavy atom. The third-order valence-corrected chi connectivity index (χ3v) is 2.26. The molecule has 0 unspecified atom stereocenters. The normalized spacial score (nSPS) is 11.4. The third-order valence-electron chi connectivity index (χ3n) is 2.26. The molecule has 1 heterocycles. The van der Waals surface area contributed by atoms with E-state index < -0.39 is 28.9 Å². The molecule has 0 aliphatic heterocycles. The van der Waals surface area contributed by atoms with Crippen LogP contribution in [0.25, 0.3) is 0 Å². The van der Waals surface area contributed by atoms with E-state index in [1.807, 2.05) is 0 Å². The molecule has 0 N–H and O–H groups in total. The van der Waals surface area contributed by atoms with Gasteiger partial charge in [-0.05, 0) is 24.3 Å². The van der Waals surface area contributed by atoms with Crippen LogP contribution in [0.15, 0.2) is 36.7 Å². The number of ketones is 1. The Morgan fingerprint density at radius 1 is 1.05 bits per heavy atom. The van der Waals surface area contributed by atoms with Gasteiger partial charge in [-0.2, -0.15) is 13.2 Å². The van der Waals surface area contributed by atoms with Crippen molar-refractivity contribution in [3.8, 4) is 0 Å². The first-order valence-electron chi connectivity index (χ1n) is 5.07. The van der Waals surface area contributed by atoms with Gasteiger partial charge in [0.25, 0.3) is 0 Å². The van der Waals surface area contributed by atoms with Crippen molar-refractivity contribution in [2.45, 2.75) is 6.18 Å². The third kappa shape index (κ3) is 2.93. The number of alkyl halides is 3. The summed E-state index contributed by atoms with van der Waals surface area (Å²) in [7, 11) is 0. The molecular formula is C12H6F4N2O. The van der Waals surface area contributed by atoms with E-state index in [1.54, 1.807) is 0 Å². The van der Waals surface area contributed by atoms with Gasteiger partial charge in [0, 0.05) is 18.0 Å². The Kier molecular flexibility index (Phi) is 3.28. The number of rotatable bonds is 2. The molecule has 0 aliphatic rings. The van der Waals surface area contributed by atoms with Crippen molar-refractivity contribution in [2.75, 3.05) is 0 Å². The van der Waals surface area contributed by atoms with Crippen molar-refractivity contribution >= 4 is 5.78 Å². The van der Waals surface area contributed by atoms with Crippen LogP contribution in [0, 0.1) is 5.82 Å². The molecule has 0 saturated carbocycles. The first-order valence-corrected chi connectivity index (χ1v) is 5.07. The average molecular weight is 270 g/mol. The molecule has 0 saturated heterocycles. The highest BCUT2D eigenvalue weighted by Crippen LogP contribution is 2.30. The Bertz CT molecular complexity index is 611. The summed E-state index contributed by atoms with van der Waals surface area (Å²) in [6.07, 6.45) is -2.19. The van der Waals surface area contributed by atoms with E-state index in [1.165, 1.54) is 18.5 Å². The maximum absolute atomic E-state index is 13.1. The van der Waals surface area contributed by atoms with E-state index in [4.69, 9.17) is 0 Å². The fourth-order valence-electron chi connectivity index (χ4n) is 1.43. The number of aromatic nitrogens is 2. The van der Waals surface area contributed by atoms with Gasteiger partial charge in [0.05, 0.1) is 5.56 Å². The highest BCUT2D eigenvalue weighted by atomic mass is 19.4. The van der Waals surface area contributed by atoms with Crippen LogP contribution in [0.2, 0.25) is 0 Å². The summed E-state index contributed by atoms with van der Waals surface area (Å²) in [5, 5.41) is 0. The van der Waals surface area contributed by atoms with E-state index in [2.05, 4.69) is 9.97 Å². The highest BCUT2D eigenvalue weighted by molar-refractivity contribution is 6.06. The quantitative estimate of drug-likeness (QED) is 0.622. The molecule has 19 heavy (non-hydrogen) atoms. The maximum atomic E-state index is 13.1. The van der Waals surface area contributed by atoms with Gasteiger partial charge < -0.3 is 0 Å². The van der Waals surface area contributed by atoms with Crippen molar-refractivity contribution in [3.05, 3.63) is 59.4 Å². The number of carbonyl (C=O) groups excluding carboxylic acids is 1. The predicted molar refractivity (Wildman–Crippen MR) is 56.9 cm³/mol. The molecule has 7 heteroatoms. The molecule has 0 amide bonds. The largest absolute Gasteiger partial charge is 0.416 e. The highest BCUT2D eigenvalue weighted by Gasteiger charge is 2.32. The summed E-state index contributed by atoms with van der Waals surface area (Å²) in [5.41, 5.74) is -1.68. The standard InChI is InChI=1S/C12H6F4N2O/c13-9-5-7(4-8(6-9)12(14,15)16)10(19)11-17-2-1-3-18-11/h1-6H. The zero-order valence-electron chi connectivity index (χ0n) is 9.28. The molecule has 1 aromatic heterocycles. The fraction of sp³-hybridized carbons (Fsp3) is 0.0833. The van der Waals surface area contributed by atoms with E-state index >= 15 is 0 Å². The van der Waals surface area contributed by atoms with Gasteiger partial charge in [-0.1, -0.05) is 0 Å². The minimum Gasteiger partial charge on any atom is -0.285 e. The molecular weight excluding hydrogens is 264 g/mol. The molecule has 0 bridgehead atoms. The minimum absolute atomic E-state index is 0.291. The lowest BCUT2D eigenvalue weighted by Crippen LogP contribution is -2.11. The SMILES string of the molecule is O=C(c1cc(F)cc(C(F)(F)F)c1)c1ncccn1. The molecule has 0 fully saturated rings. The minimum atomic E-state index is -4.73. The lowest BCUT2D eigenvalue weighted by Gasteiger charge is -2.08. The second kappa shape index (κ2) is 4.75. The molecule has 0 aliphatic carbocycles. The molecule has 0 atom stereocenters. The van der Waals surface area contributed by atoms with Gasteiger partial charge in [0.1, 0.15) is 5.82 Å². The molecule has 1 aromatic carbocycles. The van der Waals surface area contributed by atoms with Crippen LogP contribution in [0.1, 0.15) is 21.7 Å². The van der Waals surface area contributed by atoms with Gasteiger partial charge in [-0.25, -0.2) is 14.4 Å². The van der Waals surface area contributed by atoms with E-state index in [9.17, 15) is 22.4 Å². The van der Waals surface area contributed by atoms with E-state index in [0.717, 1.165) is 0 Å². The molecule has 0 radical (unpaired) electrons. The van der Waals surface area contributed by atoms with Crippen LogP contribution < -0.4 is 0 Å². The fourth-order valence-corrected chi connectivity index (χ4v) is 1.43. The maximum Gasteiger partial charge on any atom is 0.416 e. The summed E-state index contributed by atoms with van der Waals surface area (Å²) in [4.78, 5) is 19.0. The molecule has 3 nitrogen and oxygen atoms in total. The zero-order valence-corrected chi connectivity index (χ0v) is 9.28. The zero-order chi connectivity index (χ0) is 14.0. The molecule has 2 rings (SSSR count). The lowest BCUT2D eigenvalue weighted by atomic mass is 10.1. The Balaban J connectivity index is 2.46. The van der Waals surface area contributed by atoms with Crippen molar-refractivity contribution in [2.24, 2.45) is 0 Å². The summed E-state index contributed by atoms with van der Waals surface area (Å²) in [6, 6.07) is 3.06. The summed E-state index contributed by atoms with van der Waals surface area (Å²) in [6.45, 7) is 0. The Hall–Kier alpha value is -2.31. The Labute approximate surface area is 104 Å². The summed E-state index contributed by atoms with van der Waals surface area (Å²) in [5.74, 6) is -2.30. The number of benzene rings is 1. The molecule has 0 spiro atoms. The van der Waals surface area contributed by atoms with Gasteiger partial charge in [-0.15, -0.1) is 0 Å². The Morgan fingerprint density at radius 3 is 2.26 bits per heavy atom. The first-order chi connectivity index (χ1) is 8.88. The van der Waals surface area contributed by atoms with Crippen molar-refractivity contribution in [1.29, 1.82) is 0 Å². The van der Waals surface area contributed by atoms with E-state index in [-0.39, 0.29) is 5.82 Å². The predicted octanol–water partition coefficient (Wildman–Crippen LogP) is 2.87. The van der Waals surface area contributed by atoms with E-state index in [0.29, 0.717) is 18.2 Å². The lowest BCUT2D eigenvalue weighted by molar-refractivity contribution is -0.137.